The van der Waals surface area contributed by atoms with Crippen molar-refractivity contribution in [2.24, 2.45) is 5.92 Å². The zero-order valence-electron chi connectivity index (χ0n) is 9.90. The van der Waals surface area contributed by atoms with Crippen molar-refractivity contribution < 1.29 is 18.7 Å². The second kappa shape index (κ2) is 5.33. The van der Waals surface area contributed by atoms with Crippen LogP contribution in [0.4, 0.5) is 13.6 Å². The Morgan fingerprint density at radius 3 is 2.50 bits per heavy atom. The van der Waals surface area contributed by atoms with Gasteiger partial charge in [-0.2, -0.15) is 0 Å². The van der Waals surface area contributed by atoms with Gasteiger partial charge in [-0.3, -0.25) is 0 Å². The Morgan fingerprint density at radius 1 is 1.28 bits per heavy atom. The highest BCUT2D eigenvalue weighted by Gasteiger charge is 2.22. The third kappa shape index (κ3) is 2.97. The molecular formula is C13H15F2NO2. The molecule has 1 aromatic carbocycles. The fourth-order valence-corrected chi connectivity index (χ4v) is 2.33. The standard InChI is InChI=1S/C13H15F2NO2/c14-11-2-1-10(8-12(11)15)7-9-3-5-16(6-4-9)13(17)18/h1-2,8-9H,3-7H2,(H,17,18). The number of piperidine rings is 1. The average molecular weight is 255 g/mol. The number of benzene rings is 1. The number of rotatable bonds is 2. The second-order valence-electron chi connectivity index (χ2n) is 4.67. The summed E-state index contributed by atoms with van der Waals surface area (Å²) in [7, 11) is 0. The van der Waals surface area contributed by atoms with Crippen LogP contribution in [0.5, 0.6) is 0 Å². The van der Waals surface area contributed by atoms with Crippen molar-refractivity contribution in [2.75, 3.05) is 13.1 Å². The molecule has 1 aliphatic rings. The summed E-state index contributed by atoms with van der Waals surface area (Å²) in [5, 5.41) is 8.82. The van der Waals surface area contributed by atoms with Gasteiger partial charge in [0.2, 0.25) is 0 Å². The molecule has 0 bridgehead atoms. The van der Waals surface area contributed by atoms with Gasteiger partial charge in [0.15, 0.2) is 11.6 Å². The first kappa shape index (κ1) is 12.8. The quantitative estimate of drug-likeness (QED) is 0.882. The maximum atomic E-state index is 13.0. The smallest absolute Gasteiger partial charge is 0.407 e. The number of likely N-dealkylation sites (tertiary alicyclic amines) is 1. The van der Waals surface area contributed by atoms with E-state index < -0.39 is 17.7 Å². The summed E-state index contributed by atoms with van der Waals surface area (Å²) in [6.07, 6.45) is 1.32. The van der Waals surface area contributed by atoms with E-state index in [0.29, 0.717) is 25.4 Å². The van der Waals surface area contributed by atoms with Crippen LogP contribution in [0, 0.1) is 17.6 Å². The molecule has 0 aliphatic carbocycles. The summed E-state index contributed by atoms with van der Waals surface area (Å²) in [5.41, 5.74) is 0.766. The second-order valence-corrected chi connectivity index (χ2v) is 4.67. The van der Waals surface area contributed by atoms with Crippen LogP contribution >= 0.6 is 0 Å². The Hall–Kier alpha value is -1.65. The van der Waals surface area contributed by atoms with Crippen molar-refractivity contribution in [1.29, 1.82) is 0 Å². The number of halogens is 2. The van der Waals surface area contributed by atoms with Crippen molar-refractivity contribution in [1.82, 2.24) is 4.90 Å². The normalized spacial score (nSPS) is 16.9. The molecule has 0 saturated carbocycles. The highest BCUT2D eigenvalue weighted by atomic mass is 19.2. The van der Waals surface area contributed by atoms with E-state index in [1.807, 2.05) is 0 Å². The van der Waals surface area contributed by atoms with Crippen LogP contribution in [-0.4, -0.2) is 29.2 Å². The first-order valence-electron chi connectivity index (χ1n) is 5.98. The summed E-state index contributed by atoms with van der Waals surface area (Å²) in [6.45, 7) is 1.04. The monoisotopic (exact) mass is 255 g/mol. The highest BCUT2D eigenvalue weighted by molar-refractivity contribution is 5.64. The zero-order valence-corrected chi connectivity index (χ0v) is 9.90. The van der Waals surface area contributed by atoms with Gasteiger partial charge in [-0.1, -0.05) is 6.07 Å². The molecule has 5 heteroatoms. The number of carbonyl (C=O) groups is 1. The van der Waals surface area contributed by atoms with Crippen LogP contribution in [0.2, 0.25) is 0 Å². The van der Waals surface area contributed by atoms with Gasteiger partial charge in [0.25, 0.3) is 0 Å². The molecule has 1 aliphatic heterocycles. The van der Waals surface area contributed by atoms with E-state index in [0.717, 1.165) is 24.5 Å². The molecule has 1 amide bonds. The van der Waals surface area contributed by atoms with Crippen molar-refractivity contribution in [3.05, 3.63) is 35.4 Å². The van der Waals surface area contributed by atoms with Gasteiger partial charge in [-0.05, 0) is 42.9 Å². The third-order valence-electron chi connectivity index (χ3n) is 3.39. The van der Waals surface area contributed by atoms with Crippen LogP contribution in [0.3, 0.4) is 0 Å². The zero-order chi connectivity index (χ0) is 13.1. The maximum Gasteiger partial charge on any atom is 0.407 e. The molecule has 1 heterocycles. The van der Waals surface area contributed by atoms with Gasteiger partial charge >= 0.3 is 6.09 Å². The van der Waals surface area contributed by atoms with Crippen molar-refractivity contribution in [3.8, 4) is 0 Å². The van der Waals surface area contributed by atoms with E-state index in [1.54, 1.807) is 6.07 Å². The first-order valence-corrected chi connectivity index (χ1v) is 5.98. The molecule has 3 nitrogen and oxygen atoms in total. The lowest BCUT2D eigenvalue weighted by molar-refractivity contribution is 0.124. The molecule has 18 heavy (non-hydrogen) atoms. The molecule has 98 valence electrons. The summed E-state index contributed by atoms with van der Waals surface area (Å²) >= 11 is 0. The Morgan fingerprint density at radius 2 is 1.94 bits per heavy atom. The number of nitrogens with zero attached hydrogens (tertiary/aromatic N) is 1. The molecule has 0 radical (unpaired) electrons. The van der Waals surface area contributed by atoms with Crippen LogP contribution < -0.4 is 0 Å². The minimum Gasteiger partial charge on any atom is -0.465 e. The van der Waals surface area contributed by atoms with Crippen LogP contribution in [0.25, 0.3) is 0 Å². The lowest BCUT2D eigenvalue weighted by Gasteiger charge is -2.30. The predicted molar refractivity (Wildman–Crippen MR) is 62.4 cm³/mol. The molecule has 1 fully saturated rings. The summed E-state index contributed by atoms with van der Waals surface area (Å²) in [6, 6.07) is 3.94. The third-order valence-corrected chi connectivity index (χ3v) is 3.39. The molecule has 1 aromatic rings. The van der Waals surface area contributed by atoms with Gasteiger partial charge in [-0.25, -0.2) is 13.6 Å². The van der Waals surface area contributed by atoms with E-state index in [9.17, 15) is 13.6 Å². The highest BCUT2D eigenvalue weighted by Crippen LogP contribution is 2.22. The number of amides is 1. The Bertz CT molecular complexity index is 443. The minimum atomic E-state index is -0.888. The Labute approximate surface area is 104 Å². The lowest BCUT2D eigenvalue weighted by atomic mass is 9.90. The van der Waals surface area contributed by atoms with Crippen molar-refractivity contribution in [2.45, 2.75) is 19.3 Å². The largest absolute Gasteiger partial charge is 0.465 e. The van der Waals surface area contributed by atoms with E-state index >= 15 is 0 Å². The van der Waals surface area contributed by atoms with E-state index in [-0.39, 0.29) is 0 Å². The maximum absolute atomic E-state index is 13.0. The predicted octanol–water partition coefficient (Wildman–Crippen LogP) is 2.90. The Kier molecular flexibility index (Phi) is 3.79. The molecule has 1 N–H and O–H groups in total. The van der Waals surface area contributed by atoms with E-state index in [4.69, 9.17) is 5.11 Å². The van der Waals surface area contributed by atoms with Gasteiger partial charge < -0.3 is 10.0 Å². The van der Waals surface area contributed by atoms with Crippen LogP contribution in [0.15, 0.2) is 18.2 Å². The van der Waals surface area contributed by atoms with Gasteiger partial charge in [0, 0.05) is 13.1 Å². The van der Waals surface area contributed by atoms with E-state index in [2.05, 4.69) is 0 Å². The number of carboxylic acid groups (broad SMARTS) is 1. The molecule has 0 unspecified atom stereocenters. The molecular weight excluding hydrogens is 240 g/mol. The fraction of sp³-hybridized carbons (Fsp3) is 0.462. The topological polar surface area (TPSA) is 40.5 Å². The number of hydrogen-bond donors (Lipinski definition) is 1. The van der Waals surface area contributed by atoms with Gasteiger partial charge in [0.05, 0.1) is 0 Å². The first-order chi connectivity index (χ1) is 8.56. The molecule has 0 spiro atoms. The number of hydrogen-bond acceptors (Lipinski definition) is 1. The van der Waals surface area contributed by atoms with Gasteiger partial charge in [-0.15, -0.1) is 0 Å². The van der Waals surface area contributed by atoms with Crippen molar-refractivity contribution >= 4 is 6.09 Å². The SMILES string of the molecule is O=C(O)N1CCC(Cc2ccc(F)c(F)c2)CC1. The summed E-state index contributed by atoms with van der Waals surface area (Å²) in [5.74, 6) is -1.32. The average Bonchev–Trinajstić information content (AvgIpc) is 2.34. The molecule has 0 atom stereocenters. The fourth-order valence-electron chi connectivity index (χ4n) is 2.33. The van der Waals surface area contributed by atoms with E-state index in [1.165, 1.54) is 11.0 Å². The summed E-state index contributed by atoms with van der Waals surface area (Å²) in [4.78, 5) is 12.1. The Balaban J connectivity index is 1.91. The lowest BCUT2D eigenvalue weighted by Crippen LogP contribution is -2.37. The summed E-state index contributed by atoms with van der Waals surface area (Å²) < 4.78 is 25.8. The molecule has 1 saturated heterocycles. The molecule has 0 aromatic heterocycles. The molecule has 2 rings (SSSR count). The van der Waals surface area contributed by atoms with Crippen LogP contribution in [0.1, 0.15) is 18.4 Å². The van der Waals surface area contributed by atoms with Crippen LogP contribution in [-0.2, 0) is 6.42 Å². The van der Waals surface area contributed by atoms with Crippen molar-refractivity contribution in [3.63, 3.8) is 0 Å². The van der Waals surface area contributed by atoms with Gasteiger partial charge in [0.1, 0.15) is 0 Å². The minimum absolute atomic E-state index is 0.338.